The highest BCUT2D eigenvalue weighted by Crippen LogP contribution is 2.12. The molecule has 0 amide bonds. The van der Waals surface area contributed by atoms with Crippen molar-refractivity contribution in [1.29, 1.82) is 0 Å². The molecule has 5 nitrogen and oxygen atoms in total. The van der Waals surface area contributed by atoms with Crippen LogP contribution in [0.3, 0.4) is 0 Å². The summed E-state index contributed by atoms with van der Waals surface area (Å²) in [6.45, 7) is 4.46. The van der Waals surface area contributed by atoms with Gasteiger partial charge >= 0.3 is 0 Å². The van der Waals surface area contributed by atoms with E-state index in [0.717, 1.165) is 5.75 Å². The Hall–Kier alpha value is -1.88. The quantitative estimate of drug-likeness (QED) is 0.859. The fourth-order valence-corrected chi connectivity index (χ4v) is 1.72. The number of aromatic nitrogens is 2. The first-order valence-corrected chi connectivity index (χ1v) is 6.40. The first kappa shape index (κ1) is 13.5. The average molecular weight is 261 g/mol. The highest BCUT2D eigenvalue weighted by molar-refractivity contribution is 5.27. The van der Waals surface area contributed by atoms with Gasteiger partial charge in [0.2, 0.25) is 5.89 Å². The van der Waals surface area contributed by atoms with Crippen LogP contribution in [0.15, 0.2) is 28.8 Å². The maximum Gasteiger partial charge on any atom is 0.230 e. The molecule has 0 bridgehead atoms. The van der Waals surface area contributed by atoms with E-state index in [9.17, 15) is 0 Å². The summed E-state index contributed by atoms with van der Waals surface area (Å²) in [5.41, 5.74) is 6.85. The van der Waals surface area contributed by atoms with E-state index in [4.69, 9.17) is 15.0 Å². The minimum Gasteiger partial charge on any atom is -0.493 e. The van der Waals surface area contributed by atoms with Crippen LogP contribution in [0.5, 0.6) is 5.75 Å². The summed E-state index contributed by atoms with van der Waals surface area (Å²) in [5, 5.41) is 3.87. The van der Waals surface area contributed by atoms with E-state index >= 15 is 0 Å². The van der Waals surface area contributed by atoms with Crippen LogP contribution in [0.25, 0.3) is 0 Å². The second kappa shape index (κ2) is 6.33. The molecule has 1 aromatic carbocycles. The lowest BCUT2D eigenvalue weighted by molar-refractivity contribution is 0.291. The number of nitrogens with two attached hydrogens (primary N) is 1. The number of hydrogen-bond acceptors (Lipinski definition) is 5. The smallest absolute Gasteiger partial charge is 0.230 e. The van der Waals surface area contributed by atoms with Crippen LogP contribution >= 0.6 is 0 Å². The minimum absolute atomic E-state index is 0.0361. The second-order valence-corrected chi connectivity index (χ2v) is 4.70. The van der Waals surface area contributed by atoms with Crippen LogP contribution in [0.2, 0.25) is 0 Å². The summed E-state index contributed by atoms with van der Waals surface area (Å²) in [5.74, 6) is 2.10. The molecule has 0 fully saturated rings. The van der Waals surface area contributed by atoms with Crippen molar-refractivity contribution in [2.75, 3.05) is 6.61 Å². The van der Waals surface area contributed by atoms with E-state index < -0.39 is 0 Å². The van der Waals surface area contributed by atoms with Crippen LogP contribution in [0.1, 0.15) is 24.2 Å². The van der Waals surface area contributed by atoms with Crippen molar-refractivity contribution >= 4 is 0 Å². The van der Waals surface area contributed by atoms with Gasteiger partial charge in [0.05, 0.1) is 13.0 Å². The van der Waals surface area contributed by atoms with Crippen molar-refractivity contribution in [3.63, 3.8) is 0 Å². The molecule has 0 saturated carbocycles. The Bertz CT molecular complexity index is 523. The fraction of sp³-hybridized carbons (Fsp3) is 0.429. The highest BCUT2D eigenvalue weighted by atomic mass is 16.5. The van der Waals surface area contributed by atoms with Gasteiger partial charge in [-0.05, 0) is 31.5 Å². The van der Waals surface area contributed by atoms with E-state index in [0.29, 0.717) is 31.2 Å². The summed E-state index contributed by atoms with van der Waals surface area (Å²) in [4.78, 5) is 4.26. The van der Waals surface area contributed by atoms with Gasteiger partial charge < -0.3 is 15.0 Å². The zero-order chi connectivity index (χ0) is 13.7. The van der Waals surface area contributed by atoms with Gasteiger partial charge in [-0.25, -0.2) is 0 Å². The molecule has 1 atom stereocenters. The largest absolute Gasteiger partial charge is 0.493 e. The van der Waals surface area contributed by atoms with E-state index in [-0.39, 0.29) is 6.04 Å². The topological polar surface area (TPSA) is 74.2 Å². The van der Waals surface area contributed by atoms with Gasteiger partial charge in [-0.3, -0.25) is 0 Å². The van der Waals surface area contributed by atoms with Gasteiger partial charge in [0.15, 0.2) is 5.82 Å². The number of nitrogens with zero attached hydrogens (tertiary/aromatic N) is 2. The molecular weight excluding hydrogens is 242 g/mol. The Morgan fingerprint density at radius 2 is 2.26 bits per heavy atom. The molecule has 0 radical (unpaired) electrons. The number of aryl methyl sites for hydroxylation is 1. The zero-order valence-corrected chi connectivity index (χ0v) is 11.3. The van der Waals surface area contributed by atoms with E-state index in [1.165, 1.54) is 5.56 Å². The van der Waals surface area contributed by atoms with Crippen LogP contribution in [-0.4, -0.2) is 22.8 Å². The van der Waals surface area contributed by atoms with Gasteiger partial charge in [0.25, 0.3) is 0 Å². The zero-order valence-electron chi connectivity index (χ0n) is 11.3. The van der Waals surface area contributed by atoms with Crippen LogP contribution in [0.4, 0.5) is 0 Å². The molecule has 1 aromatic heterocycles. The molecule has 0 saturated heterocycles. The monoisotopic (exact) mass is 261 g/mol. The standard InChI is InChI=1S/C14H19N3O2/c1-10-4-3-5-12(8-10)18-7-6-14-16-13(17-19-14)9-11(2)15/h3-5,8,11H,6-7,9,15H2,1-2H3. The average Bonchev–Trinajstić information content (AvgIpc) is 2.76. The second-order valence-electron chi connectivity index (χ2n) is 4.70. The molecule has 0 aliphatic carbocycles. The van der Waals surface area contributed by atoms with Gasteiger partial charge in [0, 0.05) is 12.5 Å². The summed E-state index contributed by atoms with van der Waals surface area (Å²) >= 11 is 0. The molecule has 19 heavy (non-hydrogen) atoms. The van der Waals surface area contributed by atoms with Crippen molar-refractivity contribution in [1.82, 2.24) is 10.1 Å². The van der Waals surface area contributed by atoms with Crippen molar-refractivity contribution in [2.24, 2.45) is 5.73 Å². The Kier molecular flexibility index (Phi) is 4.52. The molecule has 1 unspecified atom stereocenters. The molecule has 2 N–H and O–H groups in total. The van der Waals surface area contributed by atoms with Gasteiger partial charge in [-0.2, -0.15) is 4.98 Å². The Labute approximate surface area is 112 Å². The molecule has 0 aliphatic heterocycles. The van der Waals surface area contributed by atoms with Gasteiger partial charge in [-0.15, -0.1) is 0 Å². The maximum absolute atomic E-state index is 5.68. The molecule has 2 rings (SSSR count). The lowest BCUT2D eigenvalue weighted by Crippen LogP contribution is -2.18. The fourth-order valence-electron chi connectivity index (χ4n) is 1.72. The van der Waals surface area contributed by atoms with Crippen molar-refractivity contribution in [3.05, 3.63) is 41.5 Å². The van der Waals surface area contributed by atoms with E-state index in [1.807, 2.05) is 38.1 Å². The minimum atomic E-state index is 0.0361. The lowest BCUT2D eigenvalue weighted by Gasteiger charge is -2.04. The first-order valence-electron chi connectivity index (χ1n) is 6.40. The number of rotatable bonds is 6. The number of ether oxygens (including phenoxy) is 1. The highest BCUT2D eigenvalue weighted by Gasteiger charge is 2.08. The summed E-state index contributed by atoms with van der Waals surface area (Å²) in [7, 11) is 0. The molecule has 0 spiro atoms. The Morgan fingerprint density at radius 1 is 1.42 bits per heavy atom. The van der Waals surface area contributed by atoms with Crippen molar-refractivity contribution in [2.45, 2.75) is 32.7 Å². The number of benzene rings is 1. The molecule has 102 valence electrons. The van der Waals surface area contributed by atoms with Gasteiger partial charge in [-0.1, -0.05) is 17.3 Å². The predicted octanol–water partition coefficient (Wildman–Crippen LogP) is 1.89. The number of hydrogen-bond donors (Lipinski definition) is 1. The summed E-state index contributed by atoms with van der Waals surface area (Å²) in [6, 6.07) is 7.97. The molecule has 2 aromatic rings. The third kappa shape index (κ3) is 4.37. The van der Waals surface area contributed by atoms with Crippen LogP contribution in [0, 0.1) is 6.92 Å². The van der Waals surface area contributed by atoms with Crippen LogP contribution < -0.4 is 10.5 Å². The molecule has 1 heterocycles. The van der Waals surface area contributed by atoms with Crippen LogP contribution in [-0.2, 0) is 12.8 Å². The normalized spacial score (nSPS) is 12.4. The summed E-state index contributed by atoms with van der Waals surface area (Å²) in [6.07, 6.45) is 1.22. The molecule has 5 heteroatoms. The predicted molar refractivity (Wildman–Crippen MR) is 72.0 cm³/mol. The van der Waals surface area contributed by atoms with Crippen molar-refractivity contribution in [3.8, 4) is 5.75 Å². The van der Waals surface area contributed by atoms with Gasteiger partial charge in [0.1, 0.15) is 5.75 Å². The first-order chi connectivity index (χ1) is 9.13. The summed E-state index contributed by atoms with van der Waals surface area (Å²) < 4.78 is 10.8. The molecule has 0 aliphatic rings. The molecular formula is C14H19N3O2. The SMILES string of the molecule is Cc1cccc(OCCc2nc(CC(C)N)no2)c1. The third-order valence-corrected chi connectivity index (χ3v) is 2.59. The van der Waals surface area contributed by atoms with E-state index in [2.05, 4.69) is 10.1 Å². The maximum atomic E-state index is 5.68. The van der Waals surface area contributed by atoms with E-state index in [1.54, 1.807) is 0 Å². The Morgan fingerprint density at radius 3 is 3.00 bits per heavy atom. The Balaban J connectivity index is 1.81. The third-order valence-electron chi connectivity index (χ3n) is 2.59. The van der Waals surface area contributed by atoms with Crippen molar-refractivity contribution < 1.29 is 9.26 Å². The lowest BCUT2D eigenvalue weighted by atomic mass is 10.2.